The van der Waals surface area contributed by atoms with Gasteiger partial charge < -0.3 is 9.42 Å². The monoisotopic (exact) mass is 355 g/mol. The summed E-state index contributed by atoms with van der Waals surface area (Å²) in [5.41, 5.74) is 2.65. The zero-order valence-electron chi connectivity index (χ0n) is 14.9. The van der Waals surface area contributed by atoms with E-state index in [-0.39, 0.29) is 23.3 Å². The number of carbonyl (C=O) groups is 1. The Bertz CT molecular complexity index is 1020. The van der Waals surface area contributed by atoms with Gasteiger partial charge in [-0.2, -0.15) is 0 Å². The van der Waals surface area contributed by atoms with Gasteiger partial charge in [0.05, 0.1) is 17.4 Å². The van der Waals surface area contributed by atoms with E-state index < -0.39 is 0 Å². The second-order valence-electron chi connectivity index (χ2n) is 6.69. The maximum atomic E-state index is 12.9. The molecule has 1 amide bonds. The Morgan fingerprint density at radius 1 is 1.35 bits per heavy atom. The van der Waals surface area contributed by atoms with Gasteiger partial charge in [0, 0.05) is 30.4 Å². The molecule has 1 saturated heterocycles. The highest BCUT2D eigenvalue weighted by Gasteiger charge is 2.32. The van der Waals surface area contributed by atoms with Crippen LogP contribution in [0.25, 0.3) is 5.65 Å². The molecule has 1 fully saturated rings. The lowest BCUT2D eigenvalue weighted by Crippen LogP contribution is -2.38. The van der Waals surface area contributed by atoms with Gasteiger partial charge in [0.1, 0.15) is 0 Å². The van der Waals surface area contributed by atoms with Crippen LogP contribution in [-0.2, 0) is 6.42 Å². The molecule has 26 heavy (non-hydrogen) atoms. The van der Waals surface area contributed by atoms with Crippen LogP contribution in [0.4, 0.5) is 0 Å². The Labute approximate surface area is 149 Å². The van der Waals surface area contributed by atoms with E-state index in [1.165, 1.54) is 10.6 Å². The third-order valence-electron chi connectivity index (χ3n) is 4.85. The van der Waals surface area contributed by atoms with Gasteiger partial charge in [-0.25, -0.2) is 9.50 Å². The molecule has 8 nitrogen and oxygen atoms in total. The molecule has 8 heteroatoms. The van der Waals surface area contributed by atoms with Gasteiger partial charge in [0.2, 0.25) is 5.76 Å². The lowest BCUT2D eigenvalue weighted by atomic mass is 9.99. The SMILES string of the molecule is CCc1cc(C(=O)N2CCCC[C@H]2c2cc3nc(C)cc(=O)n3[nH]2)on1. The van der Waals surface area contributed by atoms with Crippen molar-refractivity contribution < 1.29 is 9.32 Å². The van der Waals surface area contributed by atoms with Gasteiger partial charge in [0.25, 0.3) is 11.5 Å². The lowest BCUT2D eigenvalue weighted by Gasteiger charge is -2.34. The van der Waals surface area contributed by atoms with Crippen molar-refractivity contribution in [3.63, 3.8) is 0 Å². The molecule has 0 unspecified atom stereocenters. The van der Waals surface area contributed by atoms with Gasteiger partial charge in [0.15, 0.2) is 5.65 Å². The van der Waals surface area contributed by atoms with Crippen molar-refractivity contribution in [2.75, 3.05) is 6.54 Å². The second kappa shape index (κ2) is 6.44. The van der Waals surface area contributed by atoms with Crippen molar-refractivity contribution in [1.29, 1.82) is 0 Å². The van der Waals surface area contributed by atoms with Crippen LogP contribution < -0.4 is 5.56 Å². The zero-order valence-corrected chi connectivity index (χ0v) is 14.9. The number of aromatic nitrogens is 4. The molecule has 0 radical (unpaired) electrons. The Balaban J connectivity index is 1.70. The summed E-state index contributed by atoms with van der Waals surface area (Å²) >= 11 is 0. The summed E-state index contributed by atoms with van der Waals surface area (Å²) in [5, 5.41) is 7.03. The first kappa shape index (κ1) is 16.6. The molecule has 3 aromatic heterocycles. The van der Waals surface area contributed by atoms with Crippen LogP contribution in [-0.4, -0.2) is 37.1 Å². The first-order chi connectivity index (χ1) is 12.6. The fourth-order valence-corrected chi connectivity index (χ4v) is 3.52. The second-order valence-corrected chi connectivity index (χ2v) is 6.69. The predicted octanol–water partition coefficient (Wildman–Crippen LogP) is 2.25. The van der Waals surface area contributed by atoms with E-state index in [9.17, 15) is 9.59 Å². The maximum Gasteiger partial charge on any atom is 0.293 e. The summed E-state index contributed by atoms with van der Waals surface area (Å²) in [6, 6.07) is 4.89. The van der Waals surface area contributed by atoms with Crippen LogP contribution >= 0.6 is 0 Å². The van der Waals surface area contributed by atoms with Crippen molar-refractivity contribution >= 4 is 11.6 Å². The normalized spacial score (nSPS) is 17.8. The number of piperidine rings is 1. The summed E-state index contributed by atoms with van der Waals surface area (Å²) in [6.07, 6.45) is 3.49. The average molecular weight is 355 g/mol. The standard InChI is InChI=1S/C18H21N5O3/c1-3-12-9-15(26-21-12)18(25)22-7-5-4-6-14(22)13-10-16-19-11(2)8-17(24)23(16)20-13/h8-10,14,20H,3-7H2,1-2H3/t14-/m0/s1. The van der Waals surface area contributed by atoms with Crippen molar-refractivity contribution in [3.05, 3.63) is 51.4 Å². The summed E-state index contributed by atoms with van der Waals surface area (Å²) in [6.45, 7) is 4.40. The summed E-state index contributed by atoms with van der Waals surface area (Å²) in [4.78, 5) is 31.3. The van der Waals surface area contributed by atoms with Crippen molar-refractivity contribution in [2.45, 2.75) is 45.6 Å². The maximum absolute atomic E-state index is 12.9. The van der Waals surface area contributed by atoms with E-state index in [1.54, 1.807) is 17.9 Å². The van der Waals surface area contributed by atoms with E-state index in [0.29, 0.717) is 17.9 Å². The highest BCUT2D eigenvalue weighted by Crippen LogP contribution is 2.31. The lowest BCUT2D eigenvalue weighted by molar-refractivity contribution is 0.0563. The average Bonchev–Trinajstić information content (AvgIpc) is 3.28. The topological polar surface area (TPSA) is 96.5 Å². The Hall–Kier alpha value is -2.90. The number of hydrogen-bond donors (Lipinski definition) is 1. The van der Waals surface area contributed by atoms with Gasteiger partial charge >= 0.3 is 0 Å². The van der Waals surface area contributed by atoms with Crippen molar-refractivity contribution in [2.24, 2.45) is 0 Å². The highest BCUT2D eigenvalue weighted by atomic mass is 16.5. The summed E-state index contributed by atoms with van der Waals surface area (Å²) in [7, 11) is 0. The first-order valence-corrected chi connectivity index (χ1v) is 8.92. The molecule has 3 aromatic rings. The number of rotatable bonds is 3. The van der Waals surface area contributed by atoms with Gasteiger partial charge in [-0.15, -0.1) is 0 Å². The summed E-state index contributed by atoms with van der Waals surface area (Å²) in [5.74, 6) is 0.0908. The fraction of sp³-hybridized carbons (Fsp3) is 0.444. The van der Waals surface area contributed by atoms with E-state index in [1.807, 2.05) is 13.0 Å². The first-order valence-electron chi connectivity index (χ1n) is 8.92. The van der Waals surface area contributed by atoms with E-state index in [0.717, 1.165) is 37.1 Å². The minimum absolute atomic E-state index is 0.146. The Morgan fingerprint density at radius 3 is 2.96 bits per heavy atom. The molecule has 0 saturated carbocycles. The highest BCUT2D eigenvalue weighted by molar-refractivity contribution is 5.91. The van der Waals surface area contributed by atoms with Gasteiger partial charge in [-0.1, -0.05) is 12.1 Å². The third-order valence-corrected chi connectivity index (χ3v) is 4.85. The van der Waals surface area contributed by atoms with E-state index >= 15 is 0 Å². The molecule has 136 valence electrons. The molecular weight excluding hydrogens is 334 g/mol. The van der Waals surface area contributed by atoms with E-state index in [4.69, 9.17) is 4.52 Å². The molecule has 1 atom stereocenters. The Kier molecular flexibility index (Phi) is 4.10. The predicted molar refractivity (Wildman–Crippen MR) is 94.1 cm³/mol. The van der Waals surface area contributed by atoms with Crippen LogP contribution in [0.5, 0.6) is 0 Å². The number of hydrogen-bond acceptors (Lipinski definition) is 5. The molecule has 1 aliphatic rings. The largest absolute Gasteiger partial charge is 0.351 e. The molecule has 0 aromatic carbocycles. The third kappa shape index (κ3) is 2.81. The molecule has 0 bridgehead atoms. The van der Waals surface area contributed by atoms with Crippen molar-refractivity contribution in [1.82, 2.24) is 24.7 Å². The molecule has 1 aliphatic heterocycles. The fourth-order valence-electron chi connectivity index (χ4n) is 3.52. The van der Waals surface area contributed by atoms with Crippen LogP contribution in [0, 0.1) is 6.92 Å². The number of carbonyl (C=O) groups excluding carboxylic acids is 1. The number of likely N-dealkylation sites (tertiary alicyclic amines) is 1. The van der Waals surface area contributed by atoms with Crippen LogP contribution in [0.2, 0.25) is 0 Å². The van der Waals surface area contributed by atoms with E-state index in [2.05, 4.69) is 15.2 Å². The number of amides is 1. The number of nitrogens with zero attached hydrogens (tertiary/aromatic N) is 4. The molecule has 4 heterocycles. The zero-order chi connectivity index (χ0) is 18.3. The molecule has 4 rings (SSSR count). The number of aromatic amines is 1. The quantitative estimate of drug-likeness (QED) is 0.777. The molecular formula is C18H21N5O3. The van der Waals surface area contributed by atoms with Crippen LogP contribution in [0.15, 0.2) is 27.5 Å². The van der Waals surface area contributed by atoms with Crippen LogP contribution in [0.3, 0.4) is 0 Å². The number of fused-ring (bicyclic) bond motifs is 1. The number of H-pyrrole nitrogens is 1. The number of nitrogens with one attached hydrogen (secondary N) is 1. The minimum atomic E-state index is -0.169. The summed E-state index contributed by atoms with van der Waals surface area (Å²) < 4.78 is 6.65. The van der Waals surface area contributed by atoms with Crippen molar-refractivity contribution in [3.8, 4) is 0 Å². The Morgan fingerprint density at radius 2 is 2.19 bits per heavy atom. The van der Waals surface area contributed by atoms with Gasteiger partial charge in [-0.3, -0.25) is 14.7 Å². The molecule has 1 N–H and O–H groups in total. The smallest absolute Gasteiger partial charge is 0.293 e. The van der Waals surface area contributed by atoms with Crippen LogP contribution in [0.1, 0.15) is 59.9 Å². The molecule has 0 spiro atoms. The minimum Gasteiger partial charge on any atom is -0.351 e. The number of aryl methyl sites for hydroxylation is 2. The van der Waals surface area contributed by atoms with Gasteiger partial charge in [-0.05, 0) is 32.6 Å². The molecule has 0 aliphatic carbocycles.